The van der Waals surface area contributed by atoms with Gasteiger partial charge in [-0.1, -0.05) is 6.07 Å². The third-order valence-electron chi connectivity index (χ3n) is 3.59. The van der Waals surface area contributed by atoms with Gasteiger partial charge in [0.25, 0.3) is 5.91 Å². The van der Waals surface area contributed by atoms with Crippen LogP contribution in [0.5, 0.6) is 0 Å². The lowest BCUT2D eigenvalue weighted by Crippen LogP contribution is -2.13. The van der Waals surface area contributed by atoms with Gasteiger partial charge in [0.2, 0.25) is 0 Å². The van der Waals surface area contributed by atoms with Crippen molar-refractivity contribution < 1.29 is 22.4 Å². The summed E-state index contributed by atoms with van der Waals surface area (Å²) in [6, 6.07) is 13.0. The van der Waals surface area contributed by atoms with E-state index in [1.165, 1.54) is 54.7 Å². The molecular weight excluding hydrogens is 362 g/mol. The molecule has 0 atom stereocenters. The van der Waals surface area contributed by atoms with E-state index in [1.807, 2.05) is 0 Å². The Labute approximate surface area is 151 Å². The number of halogens is 4. The number of aromatic nitrogens is 1. The minimum atomic E-state index is -4.49. The van der Waals surface area contributed by atoms with Crippen molar-refractivity contribution in [3.05, 3.63) is 83.8 Å². The molecule has 0 saturated carbocycles. The molecule has 0 fully saturated rings. The Balaban J connectivity index is 1.68. The zero-order valence-corrected chi connectivity index (χ0v) is 13.7. The fraction of sp³-hybridized carbons (Fsp3) is 0.0526. The third kappa shape index (κ3) is 4.81. The van der Waals surface area contributed by atoms with Gasteiger partial charge in [-0.15, -0.1) is 0 Å². The molecule has 0 unspecified atom stereocenters. The molecular formula is C19H13F4N3O. The molecule has 4 nitrogen and oxygen atoms in total. The quantitative estimate of drug-likeness (QED) is 0.614. The summed E-state index contributed by atoms with van der Waals surface area (Å²) in [6.07, 6.45) is -3.20. The number of alkyl halides is 3. The molecule has 0 spiro atoms. The van der Waals surface area contributed by atoms with Gasteiger partial charge in [0.05, 0.1) is 11.1 Å². The average molecular weight is 375 g/mol. The molecule has 2 N–H and O–H groups in total. The molecule has 0 aliphatic rings. The van der Waals surface area contributed by atoms with E-state index in [9.17, 15) is 22.4 Å². The number of anilines is 3. The summed E-state index contributed by atoms with van der Waals surface area (Å²) in [4.78, 5) is 16.3. The minimum Gasteiger partial charge on any atom is -0.340 e. The van der Waals surface area contributed by atoms with Crippen molar-refractivity contribution in [1.82, 2.24) is 4.98 Å². The maximum Gasteiger partial charge on any atom is 0.416 e. The molecule has 3 rings (SSSR count). The van der Waals surface area contributed by atoms with Gasteiger partial charge >= 0.3 is 6.18 Å². The van der Waals surface area contributed by atoms with Crippen molar-refractivity contribution >= 4 is 23.1 Å². The fourth-order valence-corrected chi connectivity index (χ4v) is 2.26. The molecule has 138 valence electrons. The lowest BCUT2D eigenvalue weighted by Gasteiger charge is -2.10. The lowest BCUT2D eigenvalue weighted by molar-refractivity contribution is -0.137. The lowest BCUT2D eigenvalue weighted by atomic mass is 10.2. The van der Waals surface area contributed by atoms with E-state index >= 15 is 0 Å². The standard InChI is InChI=1S/C19H13F4N3O/c20-14-5-7-15(8-6-14)25-17-9-4-12(11-24-17)18(27)26-16-3-1-2-13(10-16)19(21,22)23/h1-11H,(H,24,25)(H,26,27). The number of carbonyl (C=O) groups is 1. The van der Waals surface area contributed by atoms with Crippen molar-refractivity contribution in [2.24, 2.45) is 0 Å². The molecule has 2 aromatic carbocycles. The predicted octanol–water partition coefficient (Wildman–Crippen LogP) is 5.24. The first-order valence-electron chi connectivity index (χ1n) is 7.78. The van der Waals surface area contributed by atoms with Crippen LogP contribution in [-0.2, 0) is 6.18 Å². The second-order valence-electron chi connectivity index (χ2n) is 5.60. The normalized spacial score (nSPS) is 11.1. The van der Waals surface area contributed by atoms with Crippen LogP contribution in [-0.4, -0.2) is 10.9 Å². The molecule has 27 heavy (non-hydrogen) atoms. The van der Waals surface area contributed by atoms with Crippen LogP contribution in [0.4, 0.5) is 34.8 Å². The van der Waals surface area contributed by atoms with E-state index in [0.29, 0.717) is 11.5 Å². The Kier molecular flexibility index (Phi) is 5.07. The average Bonchev–Trinajstić information content (AvgIpc) is 2.64. The molecule has 3 aromatic rings. The van der Waals surface area contributed by atoms with E-state index in [-0.39, 0.29) is 17.1 Å². The van der Waals surface area contributed by atoms with E-state index in [4.69, 9.17) is 0 Å². The molecule has 0 aliphatic carbocycles. The van der Waals surface area contributed by atoms with E-state index in [2.05, 4.69) is 15.6 Å². The summed E-state index contributed by atoms with van der Waals surface area (Å²) >= 11 is 0. The summed E-state index contributed by atoms with van der Waals surface area (Å²) < 4.78 is 51.1. The first-order valence-corrected chi connectivity index (χ1v) is 7.78. The van der Waals surface area contributed by atoms with Gasteiger partial charge < -0.3 is 10.6 Å². The minimum absolute atomic E-state index is 0.0309. The number of nitrogens with one attached hydrogen (secondary N) is 2. The van der Waals surface area contributed by atoms with Crippen LogP contribution in [0.25, 0.3) is 0 Å². The van der Waals surface area contributed by atoms with Crippen LogP contribution >= 0.6 is 0 Å². The SMILES string of the molecule is O=C(Nc1cccc(C(F)(F)F)c1)c1ccc(Nc2ccc(F)cc2)nc1. The number of pyridine rings is 1. The first kappa shape index (κ1) is 18.4. The highest BCUT2D eigenvalue weighted by Gasteiger charge is 2.30. The molecule has 8 heteroatoms. The number of rotatable bonds is 4. The highest BCUT2D eigenvalue weighted by atomic mass is 19.4. The Morgan fingerprint density at radius 1 is 0.926 bits per heavy atom. The fourth-order valence-electron chi connectivity index (χ4n) is 2.26. The Morgan fingerprint density at radius 3 is 2.30 bits per heavy atom. The van der Waals surface area contributed by atoms with Gasteiger partial charge in [-0.3, -0.25) is 4.79 Å². The zero-order valence-electron chi connectivity index (χ0n) is 13.7. The maximum absolute atomic E-state index is 12.9. The van der Waals surface area contributed by atoms with Crippen molar-refractivity contribution in [2.45, 2.75) is 6.18 Å². The first-order chi connectivity index (χ1) is 12.8. The molecule has 1 heterocycles. The largest absolute Gasteiger partial charge is 0.416 e. The second kappa shape index (κ2) is 7.45. The Morgan fingerprint density at radius 2 is 1.67 bits per heavy atom. The number of hydrogen-bond donors (Lipinski definition) is 2. The van der Waals surface area contributed by atoms with Gasteiger partial charge in [0.1, 0.15) is 11.6 Å². The summed E-state index contributed by atoms with van der Waals surface area (Å²) in [6.45, 7) is 0. The number of amides is 1. The van der Waals surface area contributed by atoms with E-state index in [0.717, 1.165) is 12.1 Å². The Bertz CT molecular complexity index is 938. The van der Waals surface area contributed by atoms with Gasteiger partial charge in [0, 0.05) is 17.6 Å². The number of carbonyl (C=O) groups excluding carboxylic acids is 1. The van der Waals surface area contributed by atoms with Crippen molar-refractivity contribution in [1.29, 1.82) is 0 Å². The predicted molar refractivity (Wildman–Crippen MR) is 93.3 cm³/mol. The van der Waals surface area contributed by atoms with Crippen molar-refractivity contribution in [3.63, 3.8) is 0 Å². The molecule has 0 aliphatic heterocycles. The number of nitrogens with zero attached hydrogens (tertiary/aromatic N) is 1. The van der Waals surface area contributed by atoms with E-state index in [1.54, 1.807) is 0 Å². The van der Waals surface area contributed by atoms with Crippen LogP contribution in [0, 0.1) is 5.82 Å². The highest BCUT2D eigenvalue weighted by molar-refractivity contribution is 6.04. The maximum atomic E-state index is 12.9. The van der Waals surface area contributed by atoms with E-state index < -0.39 is 17.6 Å². The highest BCUT2D eigenvalue weighted by Crippen LogP contribution is 2.30. The van der Waals surface area contributed by atoms with Crippen LogP contribution in [0.15, 0.2) is 66.9 Å². The molecule has 1 aromatic heterocycles. The summed E-state index contributed by atoms with van der Waals surface area (Å²) in [5, 5.41) is 5.34. The van der Waals surface area contributed by atoms with Gasteiger partial charge in [-0.05, 0) is 54.6 Å². The summed E-state index contributed by atoms with van der Waals surface area (Å²) in [5.41, 5.74) is -0.0252. The molecule has 0 saturated heterocycles. The molecule has 0 radical (unpaired) electrons. The summed E-state index contributed by atoms with van der Waals surface area (Å²) in [5.74, 6) is -0.525. The monoisotopic (exact) mass is 375 g/mol. The van der Waals surface area contributed by atoms with Crippen LogP contribution in [0.1, 0.15) is 15.9 Å². The Hall–Kier alpha value is -3.42. The van der Waals surface area contributed by atoms with Crippen molar-refractivity contribution in [3.8, 4) is 0 Å². The summed E-state index contributed by atoms with van der Waals surface area (Å²) in [7, 11) is 0. The van der Waals surface area contributed by atoms with Crippen LogP contribution in [0.2, 0.25) is 0 Å². The van der Waals surface area contributed by atoms with Crippen LogP contribution in [0.3, 0.4) is 0 Å². The van der Waals surface area contributed by atoms with Crippen LogP contribution < -0.4 is 10.6 Å². The topological polar surface area (TPSA) is 54.0 Å². The van der Waals surface area contributed by atoms with Gasteiger partial charge in [-0.2, -0.15) is 13.2 Å². The number of benzene rings is 2. The van der Waals surface area contributed by atoms with Gasteiger partial charge in [0.15, 0.2) is 0 Å². The van der Waals surface area contributed by atoms with Gasteiger partial charge in [-0.25, -0.2) is 9.37 Å². The smallest absolute Gasteiger partial charge is 0.340 e. The molecule has 1 amide bonds. The number of hydrogen-bond acceptors (Lipinski definition) is 3. The molecule has 0 bridgehead atoms. The second-order valence-corrected chi connectivity index (χ2v) is 5.60. The third-order valence-corrected chi connectivity index (χ3v) is 3.59. The van der Waals surface area contributed by atoms with Crippen molar-refractivity contribution in [2.75, 3.05) is 10.6 Å². The zero-order chi connectivity index (χ0) is 19.4.